The van der Waals surface area contributed by atoms with Crippen LogP contribution < -0.4 is 4.90 Å². The molecule has 1 aromatic heterocycles. The molecule has 0 saturated heterocycles. The van der Waals surface area contributed by atoms with E-state index in [0.717, 1.165) is 16.7 Å². The van der Waals surface area contributed by atoms with Gasteiger partial charge in [0, 0.05) is 25.0 Å². The number of carbonyl (C=O) groups is 1. The predicted octanol–water partition coefficient (Wildman–Crippen LogP) is 1.97. The largest absolute Gasteiger partial charge is 0.480 e. The van der Waals surface area contributed by atoms with Crippen LogP contribution in [-0.4, -0.2) is 34.6 Å². The average molecular weight is 257 g/mol. The Labute approximate surface area is 111 Å². The molecule has 2 aromatic rings. The molecule has 0 spiro atoms. The number of nitrogens with zero attached hydrogens (tertiary/aromatic N) is 3. The highest BCUT2D eigenvalue weighted by Gasteiger charge is 2.09. The summed E-state index contributed by atoms with van der Waals surface area (Å²) in [6.45, 7) is 1.91. The summed E-state index contributed by atoms with van der Waals surface area (Å²) >= 11 is 0. The molecule has 0 aliphatic rings. The molecule has 0 fully saturated rings. The normalized spacial score (nSPS) is 10.2. The summed E-state index contributed by atoms with van der Waals surface area (Å²) in [5, 5.41) is 8.72. The zero-order valence-electron chi connectivity index (χ0n) is 10.9. The summed E-state index contributed by atoms with van der Waals surface area (Å²) in [4.78, 5) is 20.5. The van der Waals surface area contributed by atoms with Crippen LogP contribution in [0.2, 0.25) is 0 Å². The van der Waals surface area contributed by atoms with Crippen molar-refractivity contribution in [1.29, 1.82) is 0 Å². The molecule has 0 amide bonds. The molecular formula is C14H15N3O2. The van der Waals surface area contributed by atoms with Crippen LogP contribution in [0.4, 0.5) is 5.95 Å². The van der Waals surface area contributed by atoms with E-state index in [0.29, 0.717) is 5.95 Å². The molecule has 0 bridgehead atoms. The lowest BCUT2D eigenvalue weighted by molar-refractivity contribution is -0.135. The number of likely N-dealkylation sites (N-methyl/N-ethyl adjacent to an activating group) is 1. The standard InChI is InChI=1S/C14H15N3O2/c1-10-5-3-4-6-12(10)11-7-15-14(16-8-11)17(2)9-13(18)19/h3-8H,9H2,1-2H3,(H,18,19). The van der Waals surface area contributed by atoms with Gasteiger partial charge in [-0.1, -0.05) is 24.3 Å². The van der Waals surface area contributed by atoms with Crippen molar-refractivity contribution in [2.75, 3.05) is 18.5 Å². The topological polar surface area (TPSA) is 66.3 Å². The minimum Gasteiger partial charge on any atom is -0.480 e. The van der Waals surface area contributed by atoms with Crippen LogP contribution >= 0.6 is 0 Å². The third kappa shape index (κ3) is 3.07. The highest BCUT2D eigenvalue weighted by molar-refractivity contribution is 5.72. The van der Waals surface area contributed by atoms with Crippen molar-refractivity contribution in [1.82, 2.24) is 9.97 Å². The molecule has 1 heterocycles. The fourth-order valence-corrected chi connectivity index (χ4v) is 1.83. The van der Waals surface area contributed by atoms with Gasteiger partial charge in [0.05, 0.1) is 0 Å². The van der Waals surface area contributed by atoms with Crippen LogP contribution in [0.3, 0.4) is 0 Å². The SMILES string of the molecule is Cc1ccccc1-c1cnc(N(C)CC(=O)O)nc1. The molecule has 0 aliphatic carbocycles. The zero-order valence-corrected chi connectivity index (χ0v) is 10.9. The first-order valence-corrected chi connectivity index (χ1v) is 5.89. The van der Waals surface area contributed by atoms with Gasteiger partial charge in [0.25, 0.3) is 0 Å². The molecular weight excluding hydrogens is 242 g/mol. The molecule has 1 N–H and O–H groups in total. The number of rotatable bonds is 4. The number of benzene rings is 1. The second-order valence-electron chi connectivity index (χ2n) is 4.34. The summed E-state index contributed by atoms with van der Waals surface area (Å²) in [6, 6.07) is 7.98. The van der Waals surface area contributed by atoms with E-state index in [1.807, 2.05) is 31.2 Å². The lowest BCUT2D eigenvalue weighted by atomic mass is 10.0. The number of carboxylic acid groups (broad SMARTS) is 1. The van der Waals surface area contributed by atoms with Gasteiger partial charge < -0.3 is 10.0 Å². The maximum atomic E-state index is 10.6. The van der Waals surface area contributed by atoms with Gasteiger partial charge >= 0.3 is 5.97 Å². The first-order valence-electron chi connectivity index (χ1n) is 5.89. The van der Waals surface area contributed by atoms with E-state index in [1.54, 1.807) is 19.4 Å². The highest BCUT2D eigenvalue weighted by atomic mass is 16.4. The Balaban J connectivity index is 2.24. The van der Waals surface area contributed by atoms with Crippen molar-refractivity contribution in [2.45, 2.75) is 6.92 Å². The average Bonchev–Trinajstić information content (AvgIpc) is 2.39. The van der Waals surface area contributed by atoms with E-state index in [4.69, 9.17) is 5.11 Å². The molecule has 19 heavy (non-hydrogen) atoms. The summed E-state index contributed by atoms with van der Waals surface area (Å²) < 4.78 is 0. The summed E-state index contributed by atoms with van der Waals surface area (Å²) in [7, 11) is 1.65. The number of aromatic nitrogens is 2. The Kier molecular flexibility index (Phi) is 3.75. The number of aliphatic carboxylic acids is 1. The van der Waals surface area contributed by atoms with E-state index < -0.39 is 5.97 Å². The van der Waals surface area contributed by atoms with Gasteiger partial charge in [0.15, 0.2) is 0 Å². The van der Waals surface area contributed by atoms with Crippen LogP contribution in [-0.2, 0) is 4.79 Å². The van der Waals surface area contributed by atoms with E-state index in [-0.39, 0.29) is 6.54 Å². The molecule has 5 heteroatoms. The quantitative estimate of drug-likeness (QED) is 0.907. The number of anilines is 1. The van der Waals surface area contributed by atoms with Crippen molar-refractivity contribution >= 4 is 11.9 Å². The second kappa shape index (κ2) is 5.48. The van der Waals surface area contributed by atoms with Crippen molar-refractivity contribution in [3.05, 3.63) is 42.2 Å². The molecule has 5 nitrogen and oxygen atoms in total. The highest BCUT2D eigenvalue weighted by Crippen LogP contribution is 2.22. The number of hydrogen-bond donors (Lipinski definition) is 1. The van der Waals surface area contributed by atoms with Gasteiger partial charge in [-0.2, -0.15) is 0 Å². The van der Waals surface area contributed by atoms with Gasteiger partial charge in [0.1, 0.15) is 6.54 Å². The van der Waals surface area contributed by atoms with E-state index in [9.17, 15) is 4.79 Å². The second-order valence-corrected chi connectivity index (χ2v) is 4.34. The number of hydrogen-bond acceptors (Lipinski definition) is 4. The van der Waals surface area contributed by atoms with Gasteiger partial charge in [-0.05, 0) is 18.1 Å². The number of carboxylic acids is 1. The Morgan fingerprint density at radius 2 is 1.89 bits per heavy atom. The van der Waals surface area contributed by atoms with E-state index >= 15 is 0 Å². The van der Waals surface area contributed by atoms with Crippen LogP contribution in [0.5, 0.6) is 0 Å². The Bertz CT molecular complexity index is 581. The zero-order chi connectivity index (χ0) is 13.8. The minimum atomic E-state index is -0.908. The van der Waals surface area contributed by atoms with Gasteiger partial charge in [-0.15, -0.1) is 0 Å². The van der Waals surface area contributed by atoms with Crippen LogP contribution in [0, 0.1) is 6.92 Å². The van der Waals surface area contributed by atoms with E-state index in [2.05, 4.69) is 9.97 Å². The van der Waals surface area contributed by atoms with Crippen LogP contribution in [0.25, 0.3) is 11.1 Å². The Hall–Kier alpha value is -2.43. The van der Waals surface area contributed by atoms with Crippen molar-refractivity contribution in [2.24, 2.45) is 0 Å². The van der Waals surface area contributed by atoms with Gasteiger partial charge in [-0.25, -0.2) is 9.97 Å². The molecule has 98 valence electrons. The molecule has 1 aromatic carbocycles. The maximum absolute atomic E-state index is 10.6. The summed E-state index contributed by atoms with van der Waals surface area (Å²) in [6.07, 6.45) is 3.42. The molecule has 0 atom stereocenters. The lowest BCUT2D eigenvalue weighted by Gasteiger charge is -2.14. The Morgan fingerprint density at radius 3 is 2.47 bits per heavy atom. The molecule has 0 radical (unpaired) electrons. The summed E-state index contributed by atoms with van der Waals surface area (Å²) in [5.41, 5.74) is 3.15. The van der Waals surface area contributed by atoms with Crippen molar-refractivity contribution in [3.63, 3.8) is 0 Å². The molecule has 0 unspecified atom stereocenters. The van der Waals surface area contributed by atoms with Crippen LogP contribution in [0.1, 0.15) is 5.56 Å². The predicted molar refractivity (Wildman–Crippen MR) is 73.1 cm³/mol. The van der Waals surface area contributed by atoms with Gasteiger partial charge in [-0.3, -0.25) is 4.79 Å². The van der Waals surface area contributed by atoms with Crippen LogP contribution in [0.15, 0.2) is 36.7 Å². The molecule has 2 rings (SSSR count). The fraction of sp³-hybridized carbons (Fsp3) is 0.214. The third-order valence-electron chi connectivity index (χ3n) is 2.81. The molecule has 0 aliphatic heterocycles. The first kappa shape index (κ1) is 13.0. The maximum Gasteiger partial charge on any atom is 0.323 e. The monoisotopic (exact) mass is 257 g/mol. The minimum absolute atomic E-state index is 0.121. The van der Waals surface area contributed by atoms with Crippen molar-refractivity contribution < 1.29 is 9.90 Å². The Morgan fingerprint density at radius 1 is 1.26 bits per heavy atom. The van der Waals surface area contributed by atoms with Crippen molar-refractivity contribution in [3.8, 4) is 11.1 Å². The lowest BCUT2D eigenvalue weighted by Crippen LogP contribution is -2.26. The fourth-order valence-electron chi connectivity index (χ4n) is 1.83. The smallest absolute Gasteiger partial charge is 0.323 e. The number of aryl methyl sites for hydroxylation is 1. The molecule has 0 saturated carbocycles. The third-order valence-corrected chi connectivity index (χ3v) is 2.81. The first-order chi connectivity index (χ1) is 9.08. The van der Waals surface area contributed by atoms with Gasteiger partial charge in [0.2, 0.25) is 5.95 Å². The summed E-state index contributed by atoms with van der Waals surface area (Å²) in [5.74, 6) is -0.506. The van der Waals surface area contributed by atoms with E-state index in [1.165, 1.54) is 4.90 Å².